The topological polar surface area (TPSA) is 76.8 Å². The Morgan fingerprint density at radius 1 is 1.58 bits per heavy atom. The number of nitrogens with one attached hydrogen (secondary N) is 1. The van der Waals surface area contributed by atoms with Gasteiger partial charge in [-0.2, -0.15) is 0 Å². The molecule has 1 saturated heterocycles. The maximum Gasteiger partial charge on any atom is 0.407 e. The van der Waals surface area contributed by atoms with Crippen LogP contribution in [0.15, 0.2) is 0 Å². The summed E-state index contributed by atoms with van der Waals surface area (Å²) < 4.78 is 10.6. The number of likely N-dealkylation sites (N-methyl/N-ethyl adjacent to an activating group) is 1. The molecule has 0 radical (unpaired) electrons. The highest BCUT2D eigenvalue weighted by Gasteiger charge is 2.26. The van der Waals surface area contributed by atoms with Crippen molar-refractivity contribution in [1.29, 1.82) is 0 Å². The molecule has 1 rings (SSSR count). The minimum atomic E-state index is -0.479. The van der Waals surface area contributed by atoms with E-state index in [1.54, 1.807) is 0 Å². The zero-order valence-electron chi connectivity index (χ0n) is 12.4. The smallest absolute Gasteiger partial charge is 0.407 e. The molecule has 0 aliphatic carbocycles. The molecule has 6 nitrogen and oxygen atoms in total. The number of hydrogen-bond donors (Lipinski definition) is 2. The number of nitrogens with two attached hydrogens (primary N) is 1. The Hall–Kier alpha value is -0.850. The highest BCUT2D eigenvalue weighted by atomic mass is 16.6. The van der Waals surface area contributed by atoms with Crippen molar-refractivity contribution >= 4 is 6.09 Å². The minimum absolute atomic E-state index is 0.0965. The number of hydrogen-bond acceptors (Lipinski definition) is 5. The van der Waals surface area contributed by atoms with E-state index in [4.69, 9.17) is 15.2 Å². The van der Waals surface area contributed by atoms with E-state index >= 15 is 0 Å². The standard InChI is InChI=1S/C13H27N3O3/c1-13(2,3)19-12(17)15-8-11(7-14)16(4)10-5-6-18-9-10/h10-11H,5-9,14H2,1-4H3,(H,15,17). The normalized spacial score (nSPS) is 21.5. The number of nitrogens with zero attached hydrogens (tertiary/aromatic N) is 1. The lowest BCUT2D eigenvalue weighted by Crippen LogP contribution is -2.51. The fourth-order valence-electron chi connectivity index (χ4n) is 2.05. The van der Waals surface area contributed by atoms with E-state index in [1.165, 1.54) is 0 Å². The van der Waals surface area contributed by atoms with E-state index in [0.29, 0.717) is 19.1 Å². The van der Waals surface area contributed by atoms with Gasteiger partial charge in [0.15, 0.2) is 0 Å². The third-order valence-corrected chi connectivity index (χ3v) is 3.21. The van der Waals surface area contributed by atoms with Crippen LogP contribution in [-0.2, 0) is 9.47 Å². The van der Waals surface area contributed by atoms with E-state index in [1.807, 2.05) is 27.8 Å². The molecule has 1 aliphatic rings. The van der Waals surface area contributed by atoms with Gasteiger partial charge in [0.25, 0.3) is 0 Å². The first-order valence-electron chi connectivity index (χ1n) is 6.80. The summed E-state index contributed by atoms with van der Waals surface area (Å²) in [7, 11) is 2.02. The Morgan fingerprint density at radius 3 is 2.74 bits per heavy atom. The average molecular weight is 273 g/mol. The Bertz CT molecular complexity index is 285. The number of alkyl carbamates (subject to hydrolysis) is 1. The largest absolute Gasteiger partial charge is 0.444 e. The van der Waals surface area contributed by atoms with Crippen LogP contribution >= 0.6 is 0 Å². The summed E-state index contributed by atoms with van der Waals surface area (Å²) in [6, 6.07) is 0.480. The van der Waals surface area contributed by atoms with Gasteiger partial charge in [-0.15, -0.1) is 0 Å². The second kappa shape index (κ2) is 7.07. The fraction of sp³-hybridized carbons (Fsp3) is 0.923. The molecule has 112 valence electrons. The van der Waals surface area contributed by atoms with Crippen molar-refractivity contribution in [3.8, 4) is 0 Å². The third kappa shape index (κ3) is 5.76. The number of amides is 1. The van der Waals surface area contributed by atoms with Crippen molar-refractivity contribution in [2.45, 2.75) is 44.9 Å². The molecule has 1 amide bonds. The summed E-state index contributed by atoms with van der Waals surface area (Å²) in [5, 5.41) is 2.77. The summed E-state index contributed by atoms with van der Waals surface area (Å²) in [5.74, 6) is 0. The predicted octanol–water partition coefficient (Wildman–Crippen LogP) is 0.559. The third-order valence-electron chi connectivity index (χ3n) is 3.21. The SMILES string of the molecule is CN(C(CN)CNC(=O)OC(C)(C)C)C1CCOC1. The summed E-state index contributed by atoms with van der Waals surface area (Å²) in [6.45, 7) is 8.03. The highest BCUT2D eigenvalue weighted by Crippen LogP contribution is 2.13. The van der Waals surface area contributed by atoms with Gasteiger partial charge in [0.2, 0.25) is 0 Å². The summed E-state index contributed by atoms with van der Waals surface area (Å²) in [6.07, 6.45) is 0.612. The molecule has 0 saturated carbocycles. The molecule has 19 heavy (non-hydrogen) atoms. The lowest BCUT2D eigenvalue weighted by Gasteiger charge is -2.31. The van der Waals surface area contributed by atoms with E-state index in [9.17, 15) is 4.79 Å². The summed E-state index contributed by atoms with van der Waals surface area (Å²) in [4.78, 5) is 13.8. The molecular formula is C13H27N3O3. The van der Waals surface area contributed by atoms with Crippen LogP contribution in [0.2, 0.25) is 0 Å². The van der Waals surface area contributed by atoms with E-state index < -0.39 is 11.7 Å². The van der Waals surface area contributed by atoms with Crippen molar-refractivity contribution in [2.75, 3.05) is 33.4 Å². The van der Waals surface area contributed by atoms with Crippen molar-refractivity contribution in [3.63, 3.8) is 0 Å². The molecule has 0 bridgehead atoms. The zero-order chi connectivity index (χ0) is 14.5. The molecule has 0 aromatic rings. The van der Waals surface area contributed by atoms with Crippen LogP contribution in [0.3, 0.4) is 0 Å². The van der Waals surface area contributed by atoms with Gasteiger partial charge in [0.1, 0.15) is 5.60 Å². The molecule has 1 heterocycles. The molecule has 1 aliphatic heterocycles. The van der Waals surface area contributed by atoms with Crippen molar-refractivity contribution in [2.24, 2.45) is 5.73 Å². The fourth-order valence-corrected chi connectivity index (χ4v) is 2.05. The Balaban J connectivity index is 2.37. The summed E-state index contributed by atoms with van der Waals surface area (Å²) in [5.41, 5.74) is 5.30. The first-order chi connectivity index (χ1) is 8.83. The number of ether oxygens (including phenoxy) is 2. The Kier molecular flexibility index (Phi) is 6.03. The lowest BCUT2D eigenvalue weighted by atomic mass is 10.1. The monoisotopic (exact) mass is 273 g/mol. The Labute approximate surface area is 115 Å². The van der Waals surface area contributed by atoms with Gasteiger partial charge >= 0.3 is 6.09 Å². The number of rotatable bonds is 5. The first-order valence-corrected chi connectivity index (χ1v) is 6.80. The van der Waals surface area contributed by atoms with Gasteiger partial charge in [-0.25, -0.2) is 4.79 Å². The molecule has 0 spiro atoms. The predicted molar refractivity (Wildman–Crippen MR) is 74.1 cm³/mol. The van der Waals surface area contributed by atoms with Crippen molar-refractivity contribution in [3.05, 3.63) is 0 Å². The van der Waals surface area contributed by atoms with Gasteiger partial charge in [0, 0.05) is 31.8 Å². The lowest BCUT2D eigenvalue weighted by molar-refractivity contribution is 0.0503. The van der Waals surface area contributed by atoms with Gasteiger partial charge in [-0.3, -0.25) is 4.90 Å². The minimum Gasteiger partial charge on any atom is -0.444 e. The molecular weight excluding hydrogens is 246 g/mol. The van der Waals surface area contributed by atoms with Crippen molar-refractivity contribution < 1.29 is 14.3 Å². The maximum atomic E-state index is 11.6. The number of carbonyl (C=O) groups excluding carboxylic acids is 1. The van der Waals surface area contributed by atoms with Crippen LogP contribution in [0.5, 0.6) is 0 Å². The van der Waals surface area contributed by atoms with Crippen LogP contribution in [-0.4, -0.2) is 62.0 Å². The van der Waals surface area contributed by atoms with Crippen molar-refractivity contribution in [1.82, 2.24) is 10.2 Å². The maximum absolute atomic E-state index is 11.6. The van der Waals surface area contributed by atoms with E-state index in [-0.39, 0.29) is 6.04 Å². The molecule has 2 atom stereocenters. The molecule has 0 aromatic heterocycles. The van der Waals surface area contributed by atoms with Gasteiger partial charge in [-0.1, -0.05) is 0 Å². The van der Waals surface area contributed by atoms with Crippen LogP contribution in [0.25, 0.3) is 0 Å². The van der Waals surface area contributed by atoms with Gasteiger partial charge < -0.3 is 20.5 Å². The molecule has 3 N–H and O–H groups in total. The number of carbonyl (C=O) groups is 1. The molecule has 0 aromatic carbocycles. The molecule has 2 unspecified atom stereocenters. The van der Waals surface area contributed by atoms with Gasteiger partial charge in [-0.05, 0) is 34.2 Å². The van der Waals surface area contributed by atoms with Crippen LogP contribution < -0.4 is 11.1 Å². The van der Waals surface area contributed by atoms with Crippen LogP contribution in [0, 0.1) is 0 Å². The van der Waals surface area contributed by atoms with Crippen LogP contribution in [0.1, 0.15) is 27.2 Å². The average Bonchev–Trinajstić information content (AvgIpc) is 2.80. The highest BCUT2D eigenvalue weighted by molar-refractivity contribution is 5.67. The molecule has 6 heteroatoms. The Morgan fingerprint density at radius 2 is 2.26 bits per heavy atom. The van der Waals surface area contributed by atoms with Crippen LogP contribution in [0.4, 0.5) is 4.79 Å². The van der Waals surface area contributed by atoms with E-state index in [2.05, 4.69) is 10.2 Å². The first kappa shape index (κ1) is 16.2. The van der Waals surface area contributed by atoms with Gasteiger partial charge in [0.05, 0.1) is 6.61 Å². The summed E-state index contributed by atoms with van der Waals surface area (Å²) >= 11 is 0. The molecule has 1 fully saturated rings. The van der Waals surface area contributed by atoms with E-state index in [0.717, 1.165) is 19.6 Å². The second-order valence-electron chi connectivity index (χ2n) is 5.96. The zero-order valence-corrected chi connectivity index (χ0v) is 12.4. The second-order valence-corrected chi connectivity index (χ2v) is 5.96. The quantitative estimate of drug-likeness (QED) is 0.765.